The van der Waals surface area contributed by atoms with Crippen LogP contribution in [0.25, 0.3) is 0 Å². The molecule has 0 saturated heterocycles. The lowest BCUT2D eigenvalue weighted by Gasteiger charge is -2.30. The molecule has 0 radical (unpaired) electrons. The number of carbonyl (C=O) groups excluding carboxylic acids is 2. The summed E-state index contributed by atoms with van der Waals surface area (Å²) in [6.45, 7) is 7.93. The van der Waals surface area contributed by atoms with Gasteiger partial charge in [0.15, 0.2) is 0 Å². The third-order valence-corrected chi connectivity index (χ3v) is 2.82. The zero-order valence-electron chi connectivity index (χ0n) is 11.7. The minimum atomic E-state index is -0.551. The molecule has 2 amide bonds. The maximum Gasteiger partial charge on any atom is 0.239 e. The third-order valence-electron chi connectivity index (χ3n) is 2.82. The summed E-state index contributed by atoms with van der Waals surface area (Å²) in [7, 11) is 3.26. The van der Waals surface area contributed by atoms with Crippen molar-refractivity contribution in [3.63, 3.8) is 0 Å². The van der Waals surface area contributed by atoms with Crippen molar-refractivity contribution < 1.29 is 9.59 Å². The zero-order chi connectivity index (χ0) is 13.8. The first-order valence-corrected chi connectivity index (χ1v) is 5.83. The Hall–Kier alpha value is -1.10. The maximum absolute atomic E-state index is 12.0. The van der Waals surface area contributed by atoms with Crippen LogP contribution in [0.1, 0.15) is 27.7 Å². The number of carbonyl (C=O) groups is 2. The molecule has 5 nitrogen and oxygen atoms in total. The van der Waals surface area contributed by atoms with E-state index in [4.69, 9.17) is 5.73 Å². The van der Waals surface area contributed by atoms with Gasteiger partial charge in [0, 0.05) is 20.6 Å². The van der Waals surface area contributed by atoms with Gasteiger partial charge in [0.2, 0.25) is 11.8 Å². The molecule has 0 saturated carbocycles. The van der Waals surface area contributed by atoms with E-state index in [1.54, 1.807) is 21.0 Å². The summed E-state index contributed by atoms with van der Waals surface area (Å²) in [5.41, 5.74) is 5.61. The first-order valence-electron chi connectivity index (χ1n) is 5.83. The molecule has 3 N–H and O–H groups in total. The molecule has 0 aromatic carbocycles. The topological polar surface area (TPSA) is 75.4 Å². The van der Waals surface area contributed by atoms with Gasteiger partial charge >= 0.3 is 0 Å². The number of likely N-dealkylation sites (N-methyl/N-ethyl adjacent to an activating group) is 1. The highest BCUT2D eigenvalue weighted by Crippen LogP contribution is 2.19. The molecule has 0 aliphatic heterocycles. The average Bonchev–Trinajstić information content (AvgIpc) is 2.24. The average molecular weight is 243 g/mol. The zero-order valence-corrected chi connectivity index (χ0v) is 11.7. The van der Waals surface area contributed by atoms with Gasteiger partial charge in [0.05, 0.1) is 12.0 Å². The van der Waals surface area contributed by atoms with Gasteiger partial charge in [-0.1, -0.05) is 27.7 Å². The van der Waals surface area contributed by atoms with Crippen LogP contribution in [0.15, 0.2) is 0 Å². The molecule has 0 heterocycles. The van der Waals surface area contributed by atoms with E-state index in [1.807, 2.05) is 20.8 Å². The lowest BCUT2D eigenvalue weighted by atomic mass is 9.86. The Labute approximate surface area is 104 Å². The molecule has 0 aliphatic rings. The van der Waals surface area contributed by atoms with Gasteiger partial charge in [-0.15, -0.1) is 0 Å². The summed E-state index contributed by atoms with van der Waals surface area (Å²) in [6, 6.07) is -0.551. The summed E-state index contributed by atoms with van der Waals surface area (Å²) < 4.78 is 0. The summed E-state index contributed by atoms with van der Waals surface area (Å²) in [5.74, 6) is -0.441. The Kier molecular flexibility index (Phi) is 5.61. The van der Waals surface area contributed by atoms with E-state index in [-0.39, 0.29) is 23.1 Å². The van der Waals surface area contributed by atoms with Gasteiger partial charge in [-0.05, 0) is 5.41 Å². The summed E-state index contributed by atoms with van der Waals surface area (Å²) >= 11 is 0. The number of hydrogen-bond donors (Lipinski definition) is 2. The van der Waals surface area contributed by atoms with Crippen molar-refractivity contribution >= 4 is 11.8 Å². The van der Waals surface area contributed by atoms with Crippen molar-refractivity contribution in [2.75, 3.05) is 20.6 Å². The van der Waals surface area contributed by atoms with Crippen LogP contribution in [0.4, 0.5) is 0 Å². The number of hydrogen-bond acceptors (Lipinski definition) is 3. The number of rotatable bonds is 4. The third kappa shape index (κ3) is 4.73. The first-order chi connectivity index (χ1) is 7.61. The molecular weight excluding hydrogens is 218 g/mol. The summed E-state index contributed by atoms with van der Waals surface area (Å²) in [5, 5.41) is 2.56. The Bertz CT molecular complexity index is 284. The van der Waals surface area contributed by atoms with Crippen molar-refractivity contribution in [3.05, 3.63) is 0 Å². The molecule has 0 aromatic heterocycles. The highest BCUT2D eigenvalue weighted by Gasteiger charge is 2.30. The second kappa shape index (κ2) is 6.00. The normalized spacial score (nSPS) is 15.0. The molecule has 0 aromatic rings. The Morgan fingerprint density at radius 3 is 2.18 bits per heavy atom. The summed E-state index contributed by atoms with van der Waals surface area (Å²) in [6.07, 6.45) is 0. The minimum Gasteiger partial charge on any atom is -0.359 e. The lowest BCUT2D eigenvalue weighted by Crippen LogP contribution is -2.50. The van der Waals surface area contributed by atoms with Crippen LogP contribution in [0.5, 0.6) is 0 Å². The molecule has 17 heavy (non-hydrogen) atoms. The van der Waals surface area contributed by atoms with Crippen molar-refractivity contribution in [3.8, 4) is 0 Å². The Balaban J connectivity index is 4.47. The van der Waals surface area contributed by atoms with E-state index >= 15 is 0 Å². The fraction of sp³-hybridized carbons (Fsp3) is 0.833. The number of nitrogens with two attached hydrogens (primary N) is 1. The lowest BCUT2D eigenvalue weighted by molar-refractivity contribution is -0.135. The Morgan fingerprint density at radius 1 is 1.35 bits per heavy atom. The van der Waals surface area contributed by atoms with Crippen molar-refractivity contribution in [2.24, 2.45) is 17.1 Å². The fourth-order valence-corrected chi connectivity index (χ4v) is 1.44. The quantitative estimate of drug-likeness (QED) is 0.740. The minimum absolute atomic E-state index is 0.0750. The second-order valence-corrected chi connectivity index (χ2v) is 5.58. The SMILES string of the molecule is CNC(=O)C(C)CN(C)C(=O)[C@H](N)C(C)(C)C. The van der Waals surface area contributed by atoms with Crippen LogP contribution >= 0.6 is 0 Å². The molecule has 5 heteroatoms. The van der Waals surface area contributed by atoms with E-state index < -0.39 is 6.04 Å². The monoisotopic (exact) mass is 243 g/mol. The largest absolute Gasteiger partial charge is 0.359 e. The van der Waals surface area contributed by atoms with Crippen LogP contribution in [0.2, 0.25) is 0 Å². The van der Waals surface area contributed by atoms with Gasteiger partial charge < -0.3 is 16.0 Å². The van der Waals surface area contributed by atoms with Crippen molar-refractivity contribution in [1.29, 1.82) is 0 Å². The van der Waals surface area contributed by atoms with Gasteiger partial charge in [-0.25, -0.2) is 0 Å². The highest BCUT2D eigenvalue weighted by atomic mass is 16.2. The molecule has 1 unspecified atom stereocenters. The van der Waals surface area contributed by atoms with Crippen LogP contribution in [-0.2, 0) is 9.59 Å². The maximum atomic E-state index is 12.0. The van der Waals surface area contributed by atoms with E-state index in [2.05, 4.69) is 5.32 Å². The number of nitrogens with zero attached hydrogens (tertiary/aromatic N) is 1. The standard InChI is InChI=1S/C12H25N3O2/c1-8(10(16)14-5)7-15(6)11(17)9(13)12(2,3)4/h8-9H,7,13H2,1-6H3,(H,14,16)/t8?,9-/m0/s1. The van der Waals surface area contributed by atoms with Crippen LogP contribution < -0.4 is 11.1 Å². The molecule has 0 spiro atoms. The van der Waals surface area contributed by atoms with E-state index in [1.165, 1.54) is 4.90 Å². The van der Waals surface area contributed by atoms with Gasteiger partial charge in [0.25, 0.3) is 0 Å². The number of nitrogens with one attached hydrogen (secondary N) is 1. The predicted octanol–water partition coefficient (Wildman–Crippen LogP) is 0.200. The predicted molar refractivity (Wildman–Crippen MR) is 68.3 cm³/mol. The van der Waals surface area contributed by atoms with Crippen molar-refractivity contribution in [2.45, 2.75) is 33.7 Å². The van der Waals surface area contributed by atoms with Gasteiger partial charge in [-0.2, -0.15) is 0 Å². The molecule has 100 valence electrons. The molecule has 0 bridgehead atoms. The molecule has 0 fully saturated rings. The summed E-state index contributed by atoms with van der Waals surface area (Å²) in [4.78, 5) is 24.9. The fourth-order valence-electron chi connectivity index (χ4n) is 1.44. The smallest absolute Gasteiger partial charge is 0.239 e. The molecule has 0 aliphatic carbocycles. The van der Waals surface area contributed by atoms with Gasteiger partial charge in [0.1, 0.15) is 0 Å². The van der Waals surface area contributed by atoms with Crippen LogP contribution in [0.3, 0.4) is 0 Å². The van der Waals surface area contributed by atoms with Crippen LogP contribution in [0, 0.1) is 11.3 Å². The van der Waals surface area contributed by atoms with Gasteiger partial charge in [-0.3, -0.25) is 9.59 Å². The highest BCUT2D eigenvalue weighted by molar-refractivity contribution is 5.83. The molecular formula is C12H25N3O2. The van der Waals surface area contributed by atoms with Crippen molar-refractivity contribution in [1.82, 2.24) is 10.2 Å². The van der Waals surface area contributed by atoms with Crippen LogP contribution in [-0.4, -0.2) is 43.4 Å². The van der Waals surface area contributed by atoms with E-state index in [9.17, 15) is 9.59 Å². The number of amides is 2. The van der Waals surface area contributed by atoms with E-state index in [0.29, 0.717) is 6.54 Å². The second-order valence-electron chi connectivity index (χ2n) is 5.58. The van der Waals surface area contributed by atoms with E-state index in [0.717, 1.165) is 0 Å². The Morgan fingerprint density at radius 2 is 1.82 bits per heavy atom. The first kappa shape index (κ1) is 15.9. The molecule has 0 rings (SSSR count). The molecule has 2 atom stereocenters.